The quantitative estimate of drug-likeness (QED) is 0.557. The first-order chi connectivity index (χ1) is 13.9. The molecule has 0 bridgehead atoms. The van der Waals surface area contributed by atoms with E-state index >= 15 is 0 Å². The van der Waals surface area contributed by atoms with E-state index in [4.69, 9.17) is 14.3 Å². The number of morpholine rings is 1. The maximum Gasteiger partial charge on any atom is 0.302 e. The Labute approximate surface area is 171 Å². The molecule has 7 heteroatoms. The number of amides is 1. The lowest BCUT2D eigenvalue weighted by atomic mass is 9.83. The monoisotopic (exact) mass is 402 g/mol. The number of carbonyl (C=O) groups is 2. The van der Waals surface area contributed by atoms with E-state index in [1.165, 1.54) is 6.92 Å². The highest BCUT2D eigenvalue weighted by Crippen LogP contribution is 2.50. The number of carbonyl (C=O) groups excluding carboxylic acids is 2. The Morgan fingerprint density at radius 3 is 2.79 bits per heavy atom. The molecular weight excluding hydrogens is 372 g/mol. The Hall–Kier alpha value is -1.96. The van der Waals surface area contributed by atoms with Gasteiger partial charge in [-0.2, -0.15) is 5.06 Å². The fraction of sp³-hybridized carbons (Fsp3) is 0.636. The molecule has 0 saturated carbocycles. The van der Waals surface area contributed by atoms with Crippen LogP contribution in [0.3, 0.4) is 0 Å². The minimum Gasteiger partial charge on any atom is -0.466 e. The summed E-state index contributed by atoms with van der Waals surface area (Å²) in [5, 5.41) is 1.94. The molecule has 1 amide bonds. The van der Waals surface area contributed by atoms with Crippen molar-refractivity contribution in [3.8, 4) is 0 Å². The molecule has 0 N–H and O–H groups in total. The summed E-state index contributed by atoms with van der Waals surface area (Å²) in [6.07, 6.45) is 3.13. The Morgan fingerprint density at radius 2 is 2.07 bits per heavy atom. The number of nitrogens with zero attached hydrogens (tertiary/aromatic N) is 2. The summed E-state index contributed by atoms with van der Waals surface area (Å²) in [5.41, 5.74) is 1.04. The normalized spacial score (nSPS) is 34.6. The van der Waals surface area contributed by atoms with Crippen molar-refractivity contribution in [1.29, 1.82) is 0 Å². The van der Waals surface area contributed by atoms with Crippen molar-refractivity contribution in [3.63, 3.8) is 0 Å². The minimum absolute atomic E-state index is 0.101. The van der Waals surface area contributed by atoms with Crippen LogP contribution < -0.4 is 0 Å². The Kier molecular flexibility index (Phi) is 5.64. The summed E-state index contributed by atoms with van der Waals surface area (Å²) < 4.78 is 11.7. The van der Waals surface area contributed by atoms with E-state index in [1.807, 2.05) is 49.4 Å². The minimum atomic E-state index is -1.32. The topological polar surface area (TPSA) is 68.3 Å². The standard InChI is InChI=1S/C22H30N2O5/c1-15-20(17-9-5-4-6-10-17)28-22(21(26)23(15)3)18(11-8-14-27-16(2)25)19-12-7-13-24(19)29-22/h4-6,9-10,15,18-20H,7-8,11-14H2,1-3H3/t15-,18+,19+,20-,22-/m0/s1. The zero-order valence-electron chi connectivity index (χ0n) is 17.4. The number of rotatable bonds is 5. The Morgan fingerprint density at radius 1 is 1.31 bits per heavy atom. The molecule has 7 nitrogen and oxygen atoms in total. The van der Waals surface area contributed by atoms with Gasteiger partial charge in [0.25, 0.3) is 11.7 Å². The predicted octanol–water partition coefficient (Wildman–Crippen LogP) is 2.67. The summed E-state index contributed by atoms with van der Waals surface area (Å²) in [6.45, 7) is 4.57. The van der Waals surface area contributed by atoms with E-state index in [9.17, 15) is 9.59 Å². The molecule has 5 atom stereocenters. The first-order valence-corrected chi connectivity index (χ1v) is 10.5. The van der Waals surface area contributed by atoms with Crippen molar-refractivity contribution in [3.05, 3.63) is 35.9 Å². The first-order valence-electron chi connectivity index (χ1n) is 10.5. The van der Waals surface area contributed by atoms with Gasteiger partial charge >= 0.3 is 5.97 Å². The summed E-state index contributed by atoms with van der Waals surface area (Å²) in [4.78, 5) is 32.7. The van der Waals surface area contributed by atoms with Crippen LogP contribution in [-0.2, 0) is 23.9 Å². The SMILES string of the molecule is CC(=O)OCCC[C@@H]1[C@H]2CCCN2O[C@@]12O[C@H](c1ccccc1)[C@H](C)N(C)C2=O. The van der Waals surface area contributed by atoms with E-state index in [0.717, 1.165) is 24.9 Å². The second kappa shape index (κ2) is 8.05. The van der Waals surface area contributed by atoms with E-state index in [-0.39, 0.29) is 36.0 Å². The van der Waals surface area contributed by atoms with Gasteiger partial charge in [0.1, 0.15) is 6.10 Å². The lowest BCUT2D eigenvalue weighted by Crippen LogP contribution is -2.63. The first kappa shape index (κ1) is 20.3. The molecule has 0 radical (unpaired) electrons. The van der Waals surface area contributed by atoms with Crippen molar-refractivity contribution in [1.82, 2.24) is 9.96 Å². The molecule has 0 unspecified atom stereocenters. The van der Waals surface area contributed by atoms with E-state index in [1.54, 1.807) is 4.90 Å². The molecule has 1 spiro atoms. The Balaban J connectivity index is 1.62. The average Bonchev–Trinajstić information content (AvgIpc) is 3.27. The van der Waals surface area contributed by atoms with E-state index < -0.39 is 5.79 Å². The van der Waals surface area contributed by atoms with Crippen molar-refractivity contribution in [2.24, 2.45) is 5.92 Å². The number of esters is 1. The molecule has 1 aromatic carbocycles. The van der Waals surface area contributed by atoms with Gasteiger partial charge in [-0.1, -0.05) is 30.3 Å². The van der Waals surface area contributed by atoms with Gasteiger partial charge in [0.2, 0.25) is 0 Å². The van der Waals surface area contributed by atoms with Crippen LogP contribution in [0.2, 0.25) is 0 Å². The molecule has 0 aliphatic carbocycles. The molecule has 3 aliphatic rings. The van der Waals surface area contributed by atoms with Gasteiger partial charge in [0.15, 0.2) is 0 Å². The van der Waals surface area contributed by atoms with Crippen LogP contribution in [0.4, 0.5) is 0 Å². The van der Waals surface area contributed by atoms with Crippen molar-refractivity contribution in [2.45, 2.75) is 63.5 Å². The van der Waals surface area contributed by atoms with Gasteiger partial charge in [0, 0.05) is 32.5 Å². The third kappa shape index (κ3) is 3.56. The number of benzene rings is 1. The summed E-state index contributed by atoms with van der Waals surface area (Å²) >= 11 is 0. The molecule has 3 aliphatic heterocycles. The molecule has 3 saturated heterocycles. The molecule has 0 aromatic heterocycles. The van der Waals surface area contributed by atoms with Crippen LogP contribution in [-0.4, -0.2) is 59.9 Å². The second-order valence-electron chi connectivity index (χ2n) is 8.30. The molecule has 3 fully saturated rings. The lowest BCUT2D eigenvalue weighted by Gasteiger charge is -2.47. The van der Waals surface area contributed by atoms with Gasteiger partial charge in [-0.05, 0) is 38.2 Å². The Bertz CT molecular complexity index is 757. The number of ether oxygens (including phenoxy) is 2. The molecule has 1 aromatic rings. The van der Waals surface area contributed by atoms with Crippen molar-refractivity contribution in [2.75, 3.05) is 20.2 Å². The highest BCUT2D eigenvalue weighted by atomic mass is 16.8. The molecule has 3 heterocycles. The maximum atomic E-state index is 13.5. The number of hydroxylamine groups is 2. The maximum absolute atomic E-state index is 13.5. The van der Waals surface area contributed by atoms with Gasteiger partial charge in [-0.3, -0.25) is 14.4 Å². The van der Waals surface area contributed by atoms with Crippen molar-refractivity contribution >= 4 is 11.9 Å². The van der Waals surface area contributed by atoms with Crippen LogP contribution in [0.25, 0.3) is 0 Å². The molecular formula is C22H30N2O5. The summed E-state index contributed by atoms with van der Waals surface area (Å²) in [6, 6.07) is 10.1. The van der Waals surface area contributed by atoms with Crippen molar-refractivity contribution < 1.29 is 23.9 Å². The number of hydrogen-bond acceptors (Lipinski definition) is 6. The highest BCUT2D eigenvalue weighted by Gasteiger charge is 2.65. The zero-order valence-corrected chi connectivity index (χ0v) is 17.4. The summed E-state index contributed by atoms with van der Waals surface area (Å²) in [7, 11) is 1.83. The molecule has 158 valence electrons. The molecule has 4 rings (SSSR count). The van der Waals surface area contributed by atoms with E-state index in [2.05, 4.69) is 0 Å². The third-order valence-electron chi connectivity index (χ3n) is 6.52. The number of fused-ring (bicyclic) bond motifs is 1. The van der Waals surface area contributed by atoms with Gasteiger partial charge in [0.05, 0.1) is 12.6 Å². The lowest BCUT2D eigenvalue weighted by molar-refractivity contribution is -0.331. The summed E-state index contributed by atoms with van der Waals surface area (Å²) in [5.74, 6) is -1.82. The van der Waals surface area contributed by atoms with Crippen LogP contribution in [0.1, 0.15) is 51.2 Å². The zero-order chi connectivity index (χ0) is 20.6. The average molecular weight is 402 g/mol. The highest BCUT2D eigenvalue weighted by molar-refractivity contribution is 5.85. The molecule has 29 heavy (non-hydrogen) atoms. The van der Waals surface area contributed by atoms with E-state index in [0.29, 0.717) is 19.4 Å². The van der Waals surface area contributed by atoms with Crippen LogP contribution in [0.5, 0.6) is 0 Å². The predicted molar refractivity (Wildman–Crippen MR) is 105 cm³/mol. The van der Waals surface area contributed by atoms with Gasteiger partial charge in [-0.15, -0.1) is 0 Å². The van der Waals surface area contributed by atoms with Crippen LogP contribution in [0.15, 0.2) is 30.3 Å². The van der Waals surface area contributed by atoms with Crippen LogP contribution >= 0.6 is 0 Å². The third-order valence-corrected chi connectivity index (χ3v) is 6.52. The van der Waals surface area contributed by atoms with Crippen LogP contribution in [0, 0.1) is 5.92 Å². The number of hydrogen-bond donors (Lipinski definition) is 0. The smallest absolute Gasteiger partial charge is 0.302 e. The van der Waals surface area contributed by atoms with Gasteiger partial charge < -0.3 is 14.4 Å². The fourth-order valence-corrected chi connectivity index (χ4v) is 4.95. The largest absolute Gasteiger partial charge is 0.466 e. The number of likely N-dealkylation sites (N-methyl/N-ethyl adjacent to an activating group) is 1. The second-order valence-corrected chi connectivity index (χ2v) is 8.30. The fourth-order valence-electron chi connectivity index (χ4n) is 4.95. The van der Waals surface area contributed by atoms with Gasteiger partial charge in [-0.25, -0.2) is 0 Å².